The summed E-state index contributed by atoms with van der Waals surface area (Å²) in [6.45, 7) is 12.6. The summed E-state index contributed by atoms with van der Waals surface area (Å²) in [6.07, 6.45) is 1.14. The summed E-state index contributed by atoms with van der Waals surface area (Å²) >= 11 is 0. The van der Waals surface area contributed by atoms with Gasteiger partial charge in [-0.05, 0) is 52.3 Å². The summed E-state index contributed by atoms with van der Waals surface area (Å²) in [4.78, 5) is 0. The molecule has 3 heteroatoms. The van der Waals surface area contributed by atoms with Gasteiger partial charge in [0.25, 0.3) is 0 Å². The fourth-order valence-electron chi connectivity index (χ4n) is 2.85. The molecule has 0 amide bonds. The van der Waals surface area contributed by atoms with Gasteiger partial charge >= 0.3 is 0 Å². The van der Waals surface area contributed by atoms with Gasteiger partial charge in [0.2, 0.25) is 0 Å². The van der Waals surface area contributed by atoms with Crippen LogP contribution in [-0.2, 0) is 6.54 Å². The lowest BCUT2D eigenvalue weighted by atomic mass is 10.0. The van der Waals surface area contributed by atoms with Crippen LogP contribution in [0, 0.1) is 27.7 Å². The van der Waals surface area contributed by atoms with Gasteiger partial charge in [0.1, 0.15) is 0 Å². The third kappa shape index (κ3) is 4.18. The first kappa shape index (κ1) is 15.8. The Bertz CT molecular complexity index is 578. The molecule has 114 valence electrons. The molecule has 0 radical (unpaired) electrons. The first-order valence-electron chi connectivity index (χ1n) is 7.82. The van der Waals surface area contributed by atoms with E-state index in [1.807, 2.05) is 0 Å². The maximum Gasteiger partial charge on any atom is 0.0607 e. The standard InChI is InChI=1S/C18H27N3/c1-6-7-19-18(12-21-16(5)11-15(4)20-21)17-9-13(2)8-14(3)10-17/h8-11,18-19H,6-7,12H2,1-5H3. The number of hydrogen-bond acceptors (Lipinski definition) is 2. The highest BCUT2D eigenvalue weighted by molar-refractivity contribution is 5.30. The Kier molecular flexibility index (Phi) is 5.18. The molecule has 1 aromatic carbocycles. The van der Waals surface area contributed by atoms with Gasteiger partial charge < -0.3 is 5.32 Å². The Hall–Kier alpha value is -1.61. The first-order chi connectivity index (χ1) is 9.99. The summed E-state index contributed by atoms with van der Waals surface area (Å²) in [7, 11) is 0. The number of nitrogens with zero attached hydrogens (tertiary/aromatic N) is 2. The van der Waals surface area contributed by atoms with E-state index in [1.165, 1.54) is 22.4 Å². The quantitative estimate of drug-likeness (QED) is 0.873. The van der Waals surface area contributed by atoms with Crippen LogP contribution in [0.1, 0.15) is 47.5 Å². The van der Waals surface area contributed by atoms with E-state index < -0.39 is 0 Å². The summed E-state index contributed by atoms with van der Waals surface area (Å²) < 4.78 is 2.11. The number of benzene rings is 1. The Morgan fingerprint density at radius 3 is 2.24 bits per heavy atom. The van der Waals surface area contributed by atoms with E-state index in [0.29, 0.717) is 6.04 Å². The maximum absolute atomic E-state index is 4.61. The number of aromatic nitrogens is 2. The molecule has 0 aliphatic heterocycles. The van der Waals surface area contributed by atoms with Crippen LogP contribution in [-0.4, -0.2) is 16.3 Å². The van der Waals surface area contributed by atoms with Crippen molar-refractivity contribution in [2.24, 2.45) is 0 Å². The van der Waals surface area contributed by atoms with Crippen molar-refractivity contribution in [2.75, 3.05) is 6.54 Å². The van der Waals surface area contributed by atoms with E-state index in [0.717, 1.165) is 25.2 Å². The number of aryl methyl sites for hydroxylation is 4. The van der Waals surface area contributed by atoms with Crippen molar-refractivity contribution in [2.45, 2.75) is 53.6 Å². The van der Waals surface area contributed by atoms with Gasteiger partial charge in [-0.1, -0.05) is 36.2 Å². The van der Waals surface area contributed by atoms with Gasteiger partial charge in [-0.2, -0.15) is 5.10 Å². The highest BCUT2D eigenvalue weighted by atomic mass is 15.3. The Balaban J connectivity index is 2.27. The van der Waals surface area contributed by atoms with Crippen LogP contribution in [0.15, 0.2) is 24.3 Å². The minimum atomic E-state index is 0.307. The van der Waals surface area contributed by atoms with Crippen molar-refractivity contribution in [3.05, 3.63) is 52.3 Å². The Labute approximate surface area is 128 Å². The van der Waals surface area contributed by atoms with Crippen molar-refractivity contribution < 1.29 is 0 Å². The molecule has 2 rings (SSSR count). The first-order valence-corrected chi connectivity index (χ1v) is 7.82. The molecule has 1 N–H and O–H groups in total. The van der Waals surface area contributed by atoms with Crippen molar-refractivity contribution in [3.63, 3.8) is 0 Å². The zero-order valence-corrected chi connectivity index (χ0v) is 13.9. The van der Waals surface area contributed by atoms with Crippen LogP contribution in [0.4, 0.5) is 0 Å². The molecule has 1 unspecified atom stereocenters. The van der Waals surface area contributed by atoms with Gasteiger partial charge in [-0.15, -0.1) is 0 Å². The molecule has 0 saturated heterocycles. The highest BCUT2D eigenvalue weighted by Gasteiger charge is 2.14. The van der Waals surface area contributed by atoms with Gasteiger partial charge in [-0.25, -0.2) is 0 Å². The van der Waals surface area contributed by atoms with Crippen LogP contribution in [0.2, 0.25) is 0 Å². The lowest BCUT2D eigenvalue weighted by Gasteiger charge is -2.21. The molecule has 2 aromatic rings. The molecular weight excluding hydrogens is 258 g/mol. The molecule has 0 spiro atoms. The van der Waals surface area contributed by atoms with E-state index in [-0.39, 0.29) is 0 Å². The molecule has 1 heterocycles. The lowest BCUT2D eigenvalue weighted by molar-refractivity contribution is 0.432. The second kappa shape index (κ2) is 6.90. The third-order valence-electron chi connectivity index (χ3n) is 3.75. The van der Waals surface area contributed by atoms with Gasteiger partial charge in [0, 0.05) is 5.69 Å². The van der Waals surface area contributed by atoms with E-state index in [4.69, 9.17) is 0 Å². The lowest BCUT2D eigenvalue weighted by Crippen LogP contribution is -2.27. The van der Waals surface area contributed by atoms with Crippen LogP contribution in [0.25, 0.3) is 0 Å². The fraction of sp³-hybridized carbons (Fsp3) is 0.500. The number of hydrogen-bond donors (Lipinski definition) is 1. The normalized spacial score (nSPS) is 12.6. The largest absolute Gasteiger partial charge is 0.308 e. The second-order valence-corrected chi connectivity index (χ2v) is 6.04. The van der Waals surface area contributed by atoms with E-state index in [1.54, 1.807) is 0 Å². The molecular formula is C18H27N3. The molecule has 0 saturated carbocycles. The average Bonchev–Trinajstić information content (AvgIpc) is 2.71. The predicted octanol–water partition coefficient (Wildman–Crippen LogP) is 3.86. The zero-order valence-electron chi connectivity index (χ0n) is 13.9. The minimum Gasteiger partial charge on any atom is -0.308 e. The molecule has 0 aliphatic carbocycles. The minimum absolute atomic E-state index is 0.307. The van der Waals surface area contributed by atoms with E-state index in [2.05, 4.69) is 74.0 Å². The van der Waals surface area contributed by atoms with Crippen molar-refractivity contribution in [3.8, 4) is 0 Å². The smallest absolute Gasteiger partial charge is 0.0607 e. The van der Waals surface area contributed by atoms with Gasteiger partial charge in [0.05, 0.1) is 18.3 Å². The molecule has 1 atom stereocenters. The van der Waals surface area contributed by atoms with Crippen molar-refractivity contribution >= 4 is 0 Å². The summed E-state index contributed by atoms with van der Waals surface area (Å²) in [5.74, 6) is 0. The van der Waals surface area contributed by atoms with Gasteiger partial charge in [0.15, 0.2) is 0 Å². The summed E-state index contributed by atoms with van der Waals surface area (Å²) in [5, 5.41) is 8.27. The van der Waals surface area contributed by atoms with Gasteiger partial charge in [-0.3, -0.25) is 4.68 Å². The third-order valence-corrected chi connectivity index (χ3v) is 3.75. The zero-order chi connectivity index (χ0) is 15.4. The maximum atomic E-state index is 4.61. The van der Waals surface area contributed by atoms with Crippen LogP contribution < -0.4 is 5.32 Å². The second-order valence-electron chi connectivity index (χ2n) is 6.04. The van der Waals surface area contributed by atoms with Crippen LogP contribution >= 0.6 is 0 Å². The summed E-state index contributed by atoms with van der Waals surface area (Å²) in [5.41, 5.74) is 6.30. The molecule has 0 fully saturated rings. The molecule has 3 nitrogen and oxygen atoms in total. The predicted molar refractivity (Wildman–Crippen MR) is 88.7 cm³/mol. The Morgan fingerprint density at radius 2 is 1.71 bits per heavy atom. The fourth-order valence-corrected chi connectivity index (χ4v) is 2.85. The van der Waals surface area contributed by atoms with E-state index in [9.17, 15) is 0 Å². The number of rotatable bonds is 6. The van der Waals surface area contributed by atoms with Crippen molar-refractivity contribution in [1.29, 1.82) is 0 Å². The Morgan fingerprint density at radius 1 is 1.05 bits per heavy atom. The van der Waals surface area contributed by atoms with E-state index >= 15 is 0 Å². The van der Waals surface area contributed by atoms with Crippen LogP contribution in [0.5, 0.6) is 0 Å². The average molecular weight is 285 g/mol. The molecule has 0 bridgehead atoms. The number of nitrogens with one attached hydrogen (secondary N) is 1. The summed E-state index contributed by atoms with van der Waals surface area (Å²) in [6, 6.07) is 9.24. The molecule has 0 aliphatic rings. The molecule has 1 aromatic heterocycles. The molecule has 21 heavy (non-hydrogen) atoms. The monoisotopic (exact) mass is 285 g/mol. The topological polar surface area (TPSA) is 29.9 Å². The van der Waals surface area contributed by atoms with Crippen LogP contribution in [0.3, 0.4) is 0 Å². The highest BCUT2D eigenvalue weighted by Crippen LogP contribution is 2.20. The SMILES string of the molecule is CCCNC(Cn1nc(C)cc1C)c1cc(C)cc(C)c1. The van der Waals surface area contributed by atoms with Crippen molar-refractivity contribution in [1.82, 2.24) is 15.1 Å².